The third-order valence-electron chi connectivity index (χ3n) is 3.74. The van der Waals surface area contributed by atoms with Crippen molar-refractivity contribution < 1.29 is 18.7 Å². The van der Waals surface area contributed by atoms with Crippen LogP contribution in [0.2, 0.25) is 0 Å². The highest BCUT2D eigenvalue weighted by atomic mass is 19.1. The van der Waals surface area contributed by atoms with Crippen molar-refractivity contribution in [1.82, 2.24) is 10.6 Å². The molecule has 1 aliphatic rings. The Morgan fingerprint density at radius 1 is 1.12 bits per heavy atom. The summed E-state index contributed by atoms with van der Waals surface area (Å²) in [4.78, 5) is 11.8. The monoisotopic (exact) mass is 330 g/mol. The summed E-state index contributed by atoms with van der Waals surface area (Å²) >= 11 is 0. The van der Waals surface area contributed by atoms with E-state index in [1.165, 1.54) is 6.07 Å². The van der Waals surface area contributed by atoms with Gasteiger partial charge >= 0.3 is 0 Å². The fraction of sp³-hybridized carbons (Fsp3) is 0.278. The van der Waals surface area contributed by atoms with Crippen LogP contribution in [0.25, 0.3) is 0 Å². The first-order chi connectivity index (χ1) is 11.7. The molecule has 0 aromatic heterocycles. The van der Waals surface area contributed by atoms with Crippen LogP contribution < -0.4 is 20.1 Å². The standard InChI is InChI=1S/C18H19FN2O3/c19-15-4-2-1-3-14(15)7-8-20-11-18(22)21-10-13-5-6-16-17(9-13)24-12-23-16/h1-6,9,20H,7-8,10-12H2,(H,21,22). The summed E-state index contributed by atoms with van der Waals surface area (Å²) in [7, 11) is 0. The highest BCUT2D eigenvalue weighted by molar-refractivity contribution is 5.78. The van der Waals surface area contributed by atoms with E-state index >= 15 is 0 Å². The molecule has 0 bridgehead atoms. The number of hydrogen-bond donors (Lipinski definition) is 2. The van der Waals surface area contributed by atoms with Crippen molar-refractivity contribution >= 4 is 5.91 Å². The summed E-state index contributed by atoms with van der Waals surface area (Å²) in [5.41, 5.74) is 1.59. The van der Waals surface area contributed by atoms with E-state index in [1.54, 1.807) is 18.2 Å². The van der Waals surface area contributed by atoms with Gasteiger partial charge in [0.05, 0.1) is 6.54 Å². The van der Waals surface area contributed by atoms with E-state index in [0.717, 1.165) is 11.3 Å². The van der Waals surface area contributed by atoms with Crippen LogP contribution in [0.1, 0.15) is 11.1 Å². The quantitative estimate of drug-likeness (QED) is 0.763. The number of amides is 1. The summed E-state index contributed by atoms with van der Waals surface area (Å²) in [6.45, 7) is 1.39. The molecule has 0 radical (unpaired) electrons. The number of benzene rings is 2. The molecule has 0 aliphatic carbocycles. The second kappa shape index (κ2) is 7.79. The molecule has 0 spiro atoms. The second-order valence-corrected chi connectivity index (χ2v) is 5.48. The Morgan fingerprint density at radius 3 is 2.83 bits per heavy atom. The first kappa shape index (κ1) is 16.3. The van der Waals surface area contributed by atoms with Gasteiger partial charge in [-0.3, -0.25) is 4.79 Å². The van der Waals surface area contributed by atoms with Gasteiger partial charge in [-0.15, -0.1) is 0 Å². The van der Waals surface area contributed by atoms with Gasteiger partial charge in [0.15, 0.2) is 11.5 Å². The van der Waals surface area contributed by atoms with Crippen LogP contribution in [0.15, 0.2) is 42.5 Å². The van der Waals surface area contributed by atoms with E-state index in [0.29, 0.717) is 30.8 Å². The number of carbonyl (C=O) groups excluding carboxylic acids is 1. The predicted octanol–water partition coefficient (Wildman–Crippen LogP) is 2.00. The second-order valence-electron chi connectivity index (χ2n) is 5.48. The lowest BCUT2D eigenvalue weighted by atomic mass is 10.1. The maximum absolute atomic E-state index is 13.5. The smallest absolute Gasteiger partial charge is 0.234 e. The molecule has 1 heterocycles. The zero-order valence-corrected chi connectivity index (χ0v) is 13.2. The van der Waals surface area contributed by atoms with Gasteiger partial charge in [-0.05, 0) is 42.3 Å². The summed E-state index contributed by atoms with van der Waals surface area (Å²) < 4.78 is 24.0. The van der Waals surface area contributed by atoms with Gasteiger partial charge in [0.2, 0.25) is 12.7 Å². The number of carbonyl (C=O) groups is 1. The van der Waals surface area contributed by atoms with Gasteiger partial charge in [0.1, 0.15) is 5.82 Å². The number of halogens is 1. The van der Waals surface area contributed by atoms with Crippen molar-refractivity contribution in [3.63, 3.8) is 0 Å². The molecule has 1 aliphatic heterocycles. The van der Waals surface area contributed by atoms with Crippen molar-refractivity contribution in [2.75, 3.05) is 19.9 Å². The number of nitrogens with one attached hydrogen (secondary N) is 2. The molecule has 1 amide bonds. The molecular weight excluding hydrogens is 311 g/mol. The number of rotatable bonds is 7. The first-order valence-electron chi connectivity index (χ1n) is 7.82. The van der Waals surface area contributed by atoms with Crippen LogP contribution in [-0.4, -0.2) is 25.8 Å². The molecule has 0 fully saturated rings. The van der Waals surface area contributed by atoms with Gasteiger partial charge in [-0.1, -0.05) is 24.3 Å². The minimum absolute atomic E-state index is 0.110. The van der Waals surface area contributed by atoms with Crippen molar-refractivity contribution in [2.24, 2.45) is 0 Å². The van der Waals surface area contributed by atoms with E-state index in [4.69, 9.17) is 9.47 Å². The van der Waals surface area contributed by atoms with Gasteiger partial charge in [0.25, 0.3) is 0 Å². The fourth-order valence-electron chi connectivity index (χ4n) is 2.44. The zero-order valence-electron chi connectivity index (χ0n) is 13.2. The normalized spacial score (nSPS) is 12.2. The largest absolute Gasteiger partial charge is 0.454 e. The lowest BCUT2D eigenvalue weighted by molar-refractivity contribution is -0.120. The Bertz CT molecular complexity index is 721. The van der Waals surface area contributed by atoms with Crippen molar-refractivity contribution in [2.45, 2.75) is 13.0 Å². The lowest BCUT2D eigenvalue weighted by Gasteiger charge is -2.08. The maximum Gasteiger partial charge on any atom is 0.234 e. The molecule has 24 heavy (non-hydrogen) atoms. The van der Waals surface area contributed by atoms with Crippen LogP contribution in [0.3, 0.4) is 0 Å². The first-order valence-corrected chi connectivity index (χ1v) is 7.82. The molecule has 6 heteroatoms. The van der Waals surface area contributed by atoms with Crippen LogP contribution in [0.5, 0.6) is 11.5 Å². The molecule has 2 aromatic carbocycles. The topological polar surface area (TPSA) is 59.6 Å². The Hall–Kier alpha value is -2.60. The highest BCUT2D eigenvalue weighted by Gasteiger charge is 2.13. The molecule has 2 N–H and O–H groups in total. The molecule has 126 valence electrons. The molecule has 0 saturated carbocycles. The van der Waals surface area contributed by atoms with Crippen molar-refractivity contribution in [3.05, 3.63) is 59.4 Å². The Morgan fingerprint density at radius 2 is 1.96 bits per heavy atom. The van der Waals surface area contributed by atoms with Crippen molar-refractivity contribution in [3.8, 4) is 11.5 Å². The summed E-state index contributed by atoms with van der Waals surface area (Å²) in [5, 5.41) is 5.84. The fourth-order valence-corrected chi connectivity index (χ4v) is 2.44. The minimum Gasteiger partial charge on any atom is -0.454 e. The van der Waals surface area contributed by atoms with Gasteiger partial charge in [0, 0.05) is 6.54 Å². The molecule has 2 aromatic rings. The van der Waals surface area contributed by atoms with Crippen LogP contribution in [0, 0.1) is 5.82 Å². The van der Waals surface area contributed by atoms with Crippen LogP contribution in [-0.2, 0) is 17.8 Å². The van der Waals surface area contributed by atoms with Gasteiger partial charge in [-0.2, -0.15) is 0 Å². The molecule has 0 saturated heterocycles. The van der Waals surface area contributed by atoms with E-state index < -0.39 is 0 Å². The highest BCUT2D eigenvalue weighted by Crippen LogP contribution is 2.32. The minimum atomic E-state index is -0.216. The van der Waals surface area contributed by atoms with Crippen LogP contribution in [0.4, 0.5) is 4.39 Å². The molecule has 0 unspecified atom stereocenters. The SMILES string of the molecule is O=C(CNCCc1ccccc1F)NCc1ccc2c(c1)OCO2. The zero-order chi connectivity index (χ0) is 16.8. The predicted molar refractivity (Wildman–Crippen MR) is 87.4 cm³/mol. The Labute approximate surface area is 139 Å². The van der Waals surface area contributed by atoms with E-state index in [-0.39, 0.29) is 25.1 Å². The maximum atomic E-state index is 13.5. The third-order valence-corrected chi connectivity index (χ3v) is 3.74. The van der Waals surface area contributed by atoms with Gasteiger partial charge < -0.3 is 20.1 Å². The Balaban J connectivity index is 1.36. The van der Waals surface area contributed by atoms with Gasteiger partial charge in [-0.25, -0.2) is 4.39 Å². The van der Waals surface area contributed by atoms with Crippen LogP contribution >= 0.6 is 0 Å². The summed E-state index contributed by atoms with van der Waals surface area (Å²) in [6, 6.07) is 12.2. The average Bonchev–Trinajstić information content (AvgIpc) is 3.06. The van der Waals surface area contributed by atoms with E-state index in [2.05, 4.69) is 10.6 Å². The molecule has 5 nitrogen and oxygen atoms in total. The number of ether oxygens (including phenoxy) is 2. The Kier molecular flexibility index (Phi) is 5.28. The molecular formula is C18H19FN2O3. The summed E-state index contributed by atoms with van der Waals surface area (Å²) in [6.07, 6.45) is 0.544. The number of hydrogen-bond acceptors (Lipinski definition) is 4. The van der Waals surface area contributed by atoms with Crippen molar-refractivity contribution in [1.29, 1.82) is 0 Å². The lowest BCUT2D eigenvalue weighted by Crippen LogP contribution is -2.34. The summed E-state index contributed by atoms with van der Waals surface area (Å²) in [5.74, 6) is 1.09. The van der Waals surface area contributed by atoms with E-state index in [9.17, 15) is 9.18 Å². The average molecular weight is 330 g/mol. The van der Waals surface area contributed by atoms with E-state index in [1.807, 2.05) is 18.2 Å². The number of fused-ring (bicyclic) bond motifs is 1. The molecule has 0 atom stereocenters. The molecule has 3 rings (SSSR count). The third kappa shape index (κ3) is 4.23.